The van der Waals surface area contributed by atoms with Crippen molar-refractivity contribution in [3.8, 4) is 0 Å². The highest BCUT2D eigenvalue weighted by molar-refractivity contribution is 5.42. The summed E-state index contributed by atoms with van der Waals surface area (Å²) in [6.07, 6.45) is 0.772. The van der Waals surface area contributed by atoms with Crippen molar-refractivity contribution in [2.45, 2.75) is 81.7 Å². The number of hydrogen-bond donors (Lipinski definition) is 5. The van der Waals surface area contributed by atoms with E-state index < -0.39 is 29.8 Å². The highest BCUT2D eigenvalue weighted by Gasteiger charge is 2.43. The van der Waals surface area contributed by atoms with Crippen LogP contribution in [0.25, 0.3) is 0 Å². The van der Waals surface area contributed by atoms with Crippen molar-refractivity contribution in [2.75, 3.05) is 6.61 Å². The lowest BCUT2D eigenvalue weighted by atomic mass is 9.72. The van der Waals surface area contributed by atoms with Crippen molar-refractivity contribution in [3.05, 3.63) is 70.3 Å². The zero-order valence-corrected chi connectivity index (χ0v) is 19.0. The minimum absolute atomic E-state index is 0.217. The zero-order valence-electron chi connectivity index (χ0n) is 19.0. The Bertz CT molecular complexity index is 911. The van der Waals surface area contributed by atoms with Gasteiger partial charge in [-0.2, -0.15) is 0 Å². The molecule has 32 heavy (non-hydrogen) atoms. The minimum atomic E-state index is -1.26. The molecule has 0 aliphatic heterocycles. The van der Waals surface area contributed by atoms with Crippen LogP contribution in [0.3, 0.4) is 0 Å². The van der Waals surface area contributed by atoms with Gasteiger partial charge in [-0.25, -0.2) is 0 Å². The van der Waals surface area contributed by atoms with E-state index in [0.29, 0.717) is 18.8 Å². The van der Waals surface area contributed by atoms with Crippen LogP contribution in [0, 0.1) is 5.92 Å². The molecule has 5 nitrogen and oxygen atoms in total. The van der Waals surface area contributed by atoms with Gasteiger partial charge in [0.2, 0.25) is 0 Å². The van der Waals surface area contributed by atoms with Crippen molar-refractivity contribution in [1.82, 2.24) is 0 Å². The molecule has 5 N–H and O–H groups in total. The second-order valence-electron chi connectivity index (χ2n) is 10.5. The predicted molar refractivity (Wildman–Crippen MR) is 124 cm³/mol. The normalized spacial score (nSPS) is 28.7. The Labute approximate surface area is 190 Å². The van der Waals surface area contributed by atoms with E-state index in [4.69, 9.17) is 0 Å². The summed E-state index contributed by atoms with van der Waals surface area (Å²) >= 11 is 0. The third-order valence-electron chi connectivity index (χ3n) is 7.05. The number of aliphatic hydroxyl groups is 5. The van der Waals surface area contributed by atoms with Gasteiger partial charge < -0.3 is 25.5 Å². The van der Waals surface area contributed by atoms with Crippen LogP contribution < -0.4 is 0 Å². The predicted octanol–water partition coefficient (Wildman–Crippen LogP) is 2.65. The maximum absolute atomic E-state index is 10.7. The van der Waals surface area contributed by atoms with E-state index in [2.05, 4.69) is 36.4 Å². The molecule has 0 unspecified atom stereocenters. The maximum Gasteiger partial charge on any atom is 0.107 e. The monoisotopic (exact) mass is 440 g/mol. The topological polar surface area (TPSA) is 101 Å². The number of hydrogen-bond acceptors (Lipinski definition) is 5. The summed E-state index contributed by atoms with van der Waals surface area (Å²) in [6, 6.07) is 14.7. The lowest BCUT2D eigenvalue weighted by Crippen LogP contribution is -2.51. The van der Waals surface area contributed by atoms with E-state index in [1.807, 2.05) is 19.9 Å². The third kappa shape index (κ3) is 5.24. The second kappa shape index (κ2) is 9.24. The first-order chi connectivity index (χ1) is 15.2. The van der Waals surface area contributed by atoms with Gasteiger partial charge in [0.05, 0.1) is 17.8 Å². The Morgan fingerprint density at radius 3 is 2.12 bits per heavy atom. The van der Waals surface area contributed by atoms with Gasteiger partial charge in [-0.3, -0.25) is 0 Å². The first-order valence-corrected chi connectivity index (χ1v) is 11.7. The molecule has 4 rings (SSSR count). The van der Waals surface area contributed by atoms with Crippen LogP contribution >= 0.6 is 0 Å². The largest absolute Gasteiger partial charge is 0.396 e. The summed E-state index contributed by atoms with van der Waals surface area (Å²) in [5.41, 5.74) is 5.08. The fraction of sp³-hybridized carbons (Fsp3) is 0.556. The molecule has 0 heterocycles. The maximum atomic E-state index is 10.7. The quantitative estimate of drug-likeness (QED) is 0.456. The highest BCUT2D eigenvalue weighted by atomic mass is 16.4. The molecule has 0 bridgehead atoms. The summed E-state index contributed by atoms with van der Waals surface area (Å²) in [5, 5.41) is 50.8. The number of benzene rings is 2. The van der Waals surface area contributed by atoms with Crippen molar-refractivity contribution in [3.63, 3.8) is 0 Å². The van der Waals surface area contributed by atoms with Crippen LogP contribution in [0.5, 0.6) is 0 Å². The van der Waals surface area contributed by atoms with Crippen LogP contribution in [0.15, 0.2) is 42.5 Å². The van der Waals surface area contributed by atoms with Crippen LogP contribution in [0.1, 0.15) is 72.8 Å². The summed E-state index contributed by atoms with van der Waals surface area (Å²) in [6.45, 7) is 3.40. The molecule has 0 radical (unpaired) electrons. The molecule has 2 saturated carbocycles. The SMILES string of the molecule is CC(C)(O)Cc1ccc(Cc2cc([C@@H]3C[C@H](CO)[C@@H](O)[C@H](O)[C@H]3O)ccc2C2CC2)cc1. The Hall–Kier alpha value is -1.76. The summed E-state index contributed by atoms with van der Waals surface area (Å²) < 4.78 is 0. The first kappa shape index (κ1) is 23.4. The molecule has 5 heteroatoms. The van der Waals surface area contributed by atoms with Gasteiger partial charge in [0.15, 0.2) is 0 Å². The molecule has 2 aromatic rings. The van der Waals surface area contributed by atoms with Gasteiger partial charge in [0.1, 0.15) is 6.10 Å². The van der Waals surface area contributed by atoms with Crippen LogP contribution in [-0.2, 0) is 12.8 Å². The van der Waals surface area contributed by atoms with Crippen LogP contribution in [0.2, 0.25) is 0 Å². The van der Waals surface area contributed by atoms with Gasteiger partial charge in [-0.15, -0.1) is 0 Å². The number of rotatable bonds is 7. The smallest absolute Gasteiger partial charge is 0.107 e. The van der Waals surface area contributed by atoms with Gasteiger partial charge in [0.25, 0.3) is 0 Å². The Kier molecular flexibility index (Phi) is 6.76. The van der Waals surface area contributed by atoms with E-state index in [1.54, 1.807) is 0 Å². The molecule has 2 aromatic carbocycles. The van der Waals surface area contributed by atoms with E-state index in [0.717, 1.165) is 17.5 Å². The zero-order chi connectivity index (χ0) is 23.0. The third-order valence-corrected chi connectivity index (χ3v) is 7.05. The van der Waals surface area contributed by atoms with Gasteiger partial charge in [-0.1, -0.05) is 42.5 Å². The average molecular weight is 441 g/mol. The summed E-state index contributed by atoms with van der Waals surface area (Å²) in [5.74, 6) is -0.192. The lowest BCUT2D eigenvalue weighted by molar-refractivity contribution is -0.127. The molecular weight excluding hydrogens is 404 g/mol. The summed E-state index contributed by atoms with van der Waals surface area (Å²) in [7, 11) is 0. The molecule has 0 amide bonds. The van der Waals surface area contributed by atoms with Crippen molar-refractivity contribution >= 4 is 0 Å². The van der Waals surface area contributed by atoms with Gasteiger partial charge >= 0.3 is 0 Å². The molecule has 2 aliphatic rings. The van der Waals surface area contributed by atoms with Gasteiger partial charge in [-0.05, 0) is 73.3 Å². The lowest BCUT2D eigenvalue weighted by Gasteiger charge is -2.40. The van der Waals surface area contributed by atoms with Crippen LogP contribution in [0.4, 0.5) is 0 Å². The van der Waals surface area contributed by atoms with E-state index >= 15 is 0 Å². The molecule has 2 aliphatic carbocycles. The molecule has 174 valence electrons. The Balaban J connectivity index is 1.59. The van der Waals surface area contributed by atoms with E-state index in [1.165, 1.54) is 29.5 Å². The average Bonchev–Trinajstić information content (AvgIpc) is 3.58. The molecule has 0 spiro atoms. The van der Waals surface area contributed by atoms with E-state index in [-0.39, 0.29) is 12.5 Å². The fourth-order valence-corrected chi connectivity index (χ4v) is 5.14. The van der Waals surface area contributed by atoms with Crippen LogP contribution in [-0.4, -0.2) is 56.1 Å². The summed E-state index contributed by atoms with van der Waals surface area (Å²) in [4.78, 5) is 0. The highest BCUT2D eigenvalue weighted by Crippen LogP contribution is 2.44. The van der Waals surface area contributed by atoms with Crippen molar-refractivity contribution in [2.24, 2.45) is 5.92 Å². The first-order valence-electron chi connectivity index (χ1n) is 11.7. The molecule has 5 atom stereocenters. The standard InChI is InChI=1S/C27H36O5/c1-27(2,32)14-17-5-3-16(4-6-17)11-20-12-19(9-10-22(20)18-7-8-18)23-13-21(15-28)24(29)26(31)25(23)30/h3-6,9-10,12,18,21,23-26,28-32H,7-8,11,13-15H2,1-2H3/t21-,23+,24-,25+,26+/m1/s1. The molecule has 0 aromatic heterocycles. The van der Waals surface area contributed by atoms with Crippen molar-refractivity contribution in [1.29, 1.82) is 0 Å². The van der Waals surface area contributed by atoms with Gasteiger partial charge in [0, 0.05) is 24.9 Å². The second-order valence-corrected chi connectivity index (χ2v) is 10.5. The van der Waals surface area contributed by atoms with Crippen molar-refractivity contribution < 1.29 is 25.5 Å². The van der Waals surface area contributed by atoms with E-state index in [9.17, 15) is 25.5 Å². The molecular formula is C27H36O5. The molecule has 0 saturated heterocycles. The molecule has 2 fully saturated rings. The number of aliphatic hydroxyl groups excluding tert-OH is 4. The fourth-order valence-electron chi connectivity index (χ4n) is 5.14. The Morgan fingerprint density at radius 2 is 1.53 bits per heavy atom. The minimum Gasteiger partial charge on any atom is -0.396 e. The Morgan fingerprint density at radius 1 is 0.875 bits per heavy atom.